The first kappa shape index (κ1) is 19.6. The summed E-state index contributed by atoms with van der Waals surface area (Å²) >= 11 is 0. The van der Waals surface area contributed by atoms with Crippen molar-refractivity contribution in [2.45, 2.75) is 56.3 Å². The lowest BCUT2D eigenvalue weighted by molar-refractivity contribution is -0.170. The smallest absolute Gasteiger partial charge is 0.337 e. The highest BCUT2D eigenvalue weighted by Crippen LogP contribution is 2.23. The van der Waals surface area contributed by atoms with Crippen LogP contribution in [0.25, 0.3) is 10.4 Å². The van der Waals surface area contributed by atoms with Crippen molar-refractivity contribution in [3.8, 4) is 0 Å². The van der Waals surface area contributed by atoms with E-state index in [4.69, 9.17) is 10.6 Å². The minimum Gasteiger partial charge on any atom is -0.479 e. The van der Waals surface area contributed by atoms with Crippen LogP contribution < -0.4 is 5.32 Å². The van der Waals surface area contributed by atoms with Gasteiger partial charge in [0.2, 0.25) is 6.10 Å². The van der Waals surface area contributed by atoms with Gasteiger partial charge < -0.3 is 30.5 Å². The molecule has 1 fully saturated rings. The SMILES string of the molecule is CC(=O)O[C@@H](C(=O)N[C@@H]1CC(O)[C@H](N=[N+]=[N-])C[C@H]1O)[C@@H](O)C(=O)O. The molecule has 134 valence electrons. The van der Waals surface area contributed by atoms with Gasteiger partial charge in [0.1, 0.15) is 0 Å². The molecule has 0 aromatic carbocycles. The molecule has 0 heterocycles. The van der Waals surface area contributed by atoms with E-state index in [1.165, 1.54) is 0 Å². The Morgan fingerprint density at radius 1 is 1.29 bits per heavy atom. The minimum atomic E-state index is -2.30. The summed E-state index contributed by atoms with van der Waals surface area (Å²) in [6.45, 7) is 0.929. The van der Waals surface area contributed by atoms with Gasteiger partial charge in [0.05, 0.1) is 24.3 Å². The molecule has 12 heteroatoms. The molecule has 0 spiro atoms. The van der Waals surface area contributed by atoms with Crippen LogP contribution in [0.15, 0.2) is 5.11 Å². The van der Waals surface area contributed by atoms with Crippen LogP contribution in [0.1, 0.15) is 19.8 Å². The molecule has 1 unspecified atom stereocenters. The molecule has 0 aromatic heterocycles. The summed E-state index contributed by atoms with van der Waals surface area (Å²) in [7, 11) is 0. The number of azide groups is 1. The summed E-state index contributed by atoms with van der Waals surface area (Å²) in [6, 6.07) is -1.87. The average molecular weight is 346 g/mol. The number of aliphatic hydroxyl groups excluding tert-OH is 3. The quantitative estimate of drug-likeness (QED) is 0.158. The molecule has 0 bridgehead atoms. The highest BCUT2D eigenvalue weighted by Gasteiger charge is 2.40. The molecule has 0 aromatic rings. The molecule has 1 aliphatic rings. The summed E-state index contributed by atoms with van der Waals surface area (Å²) < 4.78 is 4.51. The van der Waals surface area contributed by atoms with Gasteiger partial charge in [0, 0.05) is 11.8 Å². The molecule has 6 atom stereocenters. The van der Waals surface area contributed by atoms with Gasteiger partial charge in [-0.1, -0.05) is 5.11 Å². The number of rotatable bonds is 6. The molecule has 1 saturated carbocycles. The molecular formula is C12H18N4O8. The first-order valence-electron chi connectivity index (χ1n) is 6.96. The third kappa shape index (κ3) is 5.06. The average Bonchev–Trinajstić information content (AvgIpc) is 2.48. The van der Waals surface area contributed by atoms with Gasteiger partial charge in [-0.3, -0.25) is 9.59 Å². The third-order valence-electron chi connectivity index (χ3n) is 3.51. The molecule has 12 nitrogen and oxygen atoms in total. The Labute approximate surface area is 135 Å². The summed E-state index contributed by atoms with van der Waals surface area (Å²) in [6.07, 6.45) is -6.93. The monoisotopic (exact) mass is 346 g/mol. The Morgan fingerprint density at radius 3 is 2.42 bits per heavy atom. The molecule has 5 N–H and O–H groups in total. The van der Waals surface area contributed by atoms with Crippen molar-refractivity contribution in [2.75, 3.05) is 0 Å². The predicted molar refractivity (Wildman–Crippen MR) is 75.3 cm³/mol. The normalized spacial score (nSPS) is 28.8. The van der Waals surface area contributed by atoms with Gasteiger partial charge >= 0.3 is 11.9 Å². The Kier molecular flexibility index (Phi) is 6.92. The number of aliphatic carboxylic acids is 1. The number of ether oxygens (including phenoxy) is 1. The maximum Gasteiger partial charge on any atom is 0.337 e. The fourth-order valence-electron chi connectivity index (χ4n) is 2.32. The number of nitrogens with one attached hydrogen (secondary N) is 1. The van der Waals surface area contributed by atoms with E-state index >= 15 is 0 Å². The first-order valence-corrected chi connectivity index (χ1v) is 6.96. The maximum atomic E-state index is 12.1. The lowest BCUT2D eigenvalue weighted by Crippen LogP contribution is -2.57. The van der Waals surface area contributed by atoms with E-state index in [9.17, 15) is 29.7 Å². The van der Waals surface area contributed by atoms with Crippen molar-refractivity contribution in [2.24, 2.45) is 5.11 Å². The Bertz CT molecular complexity index is 549. The Morgan fingerprint density at radius 2 is 1.92 bits per heavy atom. The van der Waals surface area contributed by atoms with Gasteiger partial charge in [-0.2, -0.15) is 0 Å². The lowest BCUT2D eigenvalue weighted by Gasteiger charge is -2.35. The van der Waals surface area contributed by atoms with Crippen LogP contribution in [0.4, 0.5) is 0 Å². The number of nitrogens with zero attached hydrogens (tertiary/aromatic N) is 3. The van der Waals surface area contributed by atoms with Crippen molar-refractivity contribution >= 4 is 17.8 Å². The number of carboxylic acids is 1. The van der Waals surface area contributed by atoms with Crippen LogP contribution in [-0.4, -0.2) is 74.8 Å². The Balaban J connectivity index is 2.81. The third-order valence-corrected chi connectivity index (χ3v) is 3.51. The lowest BCUT2D eigenvalue weighted by atomic mass is 9.86. The standard InChI is InChI=1S/C12H18N4O8/c1-4(17)24-10(9(20)12(22)23)11(21)14-5-2-8(19)6(15-16-13)3-7(5)18/h5-10,18-20H,2-3H2,1H3,(H,14,21)(H,22,23)/t5-,6-,7-,8?,9-,10-/m1/s1. The minimum absolute atomic E-state index is 0.129. The van der Waals surface area contributed by atoms with Gasteiger partial charge in [0.25, 0.3) is 5.91 Å². The van der Waals surface area contributed by atoms with E-state index in [1.54, 1.807) is 0 Å². The molecule has 24 heavy (non-hydrogen) atoms. The van der Waals surface area contributed by atoms with Crippen LogP contribution in [0.2, 0.25) is 0 Å². The van der Waals surface area contributed by atoms with E-state index in [-0.39, 0.29) is 12.8 Å². The number of hydrogen-bond donors (Lipinski definition) is 5. The molecule has 0 aliphatic heterocycles. The van der Waals surface area contributed by atoms with Gasteiger partial charge in [0.15, 0.2) is 6.10 Å². The number of amides is 1. The molecule has 0 saturated heterocycles. The largest absolute Gasteiger partial charge is 0.479 e. The van der Waals surface area contributed by atoms with Crippen LogP contribution in [-0.2, 0) is 19.1 Å². The van der Waals surface area contributed by atoms with E-state index < -0.39 is 54.3 Å². The molecule has 0 radical (unpaired) electrons. The van der Waals surface area contributed by atoms with Crippen molar-refractivity contribution in [1.82, 2.24) is 5.32 Å². The Hall–Kier alpha value is -2.40. The van der Waals surface area contributed by atoms with Crippen LogP contribution in [0.5, 0.6) is 0 Å². The van der Waals surface area contributed by atoms with Crippen LogP contribution in [0, 0.1) is 0 Å². The van der Waals surface area contributed by atoms with Crippen LogP contribution in [0.3, 0.4) is 0 Å². The zero-order valence-electron chi connectivity index (χ0n) is 12.6. The second kappa shape index (κ2) is 8.45. The number of carbonyl (C=O) groups is 3. The van der Waals surface area contributed by atoms with Gasteiger partial charge in [-0.15, -0.1) is 0 Å². The van der Waals surface area contributed by atoms with E-state index in [1.807, 2.05) is 0 Å². The van der Waals surface area contributed by atoms with Crippen LogP contribution >= 0.6 is 0 Å². The van der Waals surface area contributed by atoms with Crippen molar-refractivity contribution in [3.05, 3.63) is 10.4 Å². The molecule has 1 amide bonds. The van der Waals surface area contributed by atoms with Gasteiger partial charge in [-0.05, 0) is 18.4 Å². The second-order valence-electron chi connectivity index (χ2n) is 5.31. The highest BCUT2D eigenvalue weighted by molar-refractivity contribution is 5.89. The number of esters is 1. The van der Waals surface area contributed by atoms with E-state index in [0.29, 0.717) is 0 Å². The summed E-state index contributed by atoms with van der Waals surface area (Å²) in [5.74, 6) is -3.90. The second-order valence-corrected chi connectivity index (χ2v) is 5.31. The zero-order chi connectivity index (χ0) is 18.4. The zero-order valence-corrected chi connectivity index (χ0v) is 12.6. The predicted octanol–water partition coefficient (Wildman–Crippen LogP) is -1.96. The fourth-order valence-corrected chi connectivity index (χ4v) is 2.32. The fraction of sp³-hybridized carbons (Fsp3) is 0.750. The van der Waals surface area contributed by atoms with E-state index in [2.05, 4.69) is 20.1 Å². The number of carboxylic acid groups (broad SMARTS) is 1. The van der Waals surface area contributed by atoms with Gasteiger partial charge in [-0.25, -0.2) is 4.79 Å². The highest BCUT2D eigenvalue weighted by atomic mass is 16.6. The van der Waals surface area contributed by atoms with E-state index in [0.717, 1.165) is 6.92 Å². The van der Waals surface area contributed by atoms with Crippen molar-refractivity contribution in [1.29, 1.82) is 0 Å². The summed E-state index contributed by atoms with van der Waals surface area (Å²) in [4.78, 5) is 36.4. The molecular weight excluding hydrogens is 328 g/mol. The number of aliphatic hydroxyl groups is 3. The van der Waals surface area contributed by atoms with Crippen molar-refractivity contribution in [3.63, 3.8) is 0 Å². The first-order chi connectivity index (χ1) is 11.2. The maximum absolute atomic E-state index is 12.1. The topological polar surface area (TPSA) is 202 Å². The summed E-state index contributed by atoms with van der Waals surface area (Å²) in [5, 5.41) is 43.5. The molecule has 1 aliphatic carbocycles. The summed E-state index contributed by atoms with van der Waals surface area (Å²) in [5.41, 5.74) is 8.37. The number of hydrogen-bond acceptors (Lipinski definition) is 8. The molecule has 1 rings (SSSR count). The number of carbonyl (C=O) groups excluding carboxylic acids is 2. The van der Waals surface area contributed by atoms with Crippen molar-refractivity contribution < 1.29 is 39.5 Å².